The molecule has 0 aromatic rings. The largest absolute Gasteiger partial charge is 0.444 e. The van der Waals surface area contributed by atoms with Gasteiger partial charge in [-0.05, 0) is 54.5 Å². The van der Waals surface area contributed by atoms with E-state index in [1.165, 1.54) is 0 Å². The molecule has 1 saturated carbocycles. The lowest BCUT2D eigenvalue weighted by Gasteiger charge is -2.46. The Labute approximate surface area is 140 Å². The van der Waals surface area contributed by atoms with E-state index in [0.717, 1.165) is 19.4 Å². The number of hydrogen-bond donors (Lipinski definition) is 2. The Morgan fingerprint density at radius 3 is 2.52 bits per heavy atom. The Bertz CT molecular complexity index is 400. The van der Waals surface area contributed by atoms with Crippen molar-refractivity contribution in [1.29, 1.82) is 0 Å². The lowest BCUT2D eigenvalue weighted by Crippen LogP contribution is -2.68. The minimum absolute atomic E-state index is 0.0719. The van der Waals surface area contributed by atoms with E-state index in [4.69, 9.17) is 9.47 Å². The molecule has 5 unspecified atom stereocenters. The number of likely N-dealkylation sites (N-methyl/N-ethyl adjacent to an activating group) is 1. The van der Waals surface area contributed by atoms with E-state index >= 15 is 0 Å². The van der Waals surface area contributed by atoms with Crippen molar-refractivity contribution in [3.63, 3.8) is 0 Å². The van der Waals surface area contributed by atoms with Gasteiger partial charge < -0.3 is 25.0 Å². The third kappa shape index (κ3) is 5.06. The molecule has 2 aliphatic rings. The van der Waals surface area contributed by atoms with Gasteiger partial charge in [-0.3, -0.25) is 0 Å². The number of carbonyl (C=O) groups excluding carboxylic acids is 1. The van der Waals surface area contributed by atoms with Crippen LogP contribution in [-0.4, -0.2) is 67.1 Å². The predicted octanol–water partition coefficient (Wildman–Crippen LogP) is 1.74. The van der Waals surface area contributed by atoms with Crippen molar-refractivity contribution in [3.05, 3.63) is 0 Å². The summed E-state index contributed by atoms with van der Waals surface area (Å²) in [5, 5.41) is 6.68. The average molecular weight is 327 g/mol. The third-order valence-corrected chi connectivity index (χ3v) is 4.72. The maximum absolute atomic E-state index is 12.0. The van der Waals surface area contributed by atoms with Crippen molar-refractivity contribution in [1.82, 2.24) is 15.5 Å². The molecule has 1 amide bonds. The number of rotatable bonds is 5. The van der Waals surface area contributed by atoms with Crippen LogP contribution in [0.2, 0.25) is 0 Å². The van der Waals surface area contributed by atoms with Gasteiger partial charge in [0.1, 0.15) is 5.60 Å². The molecule has 134 valence electrons. The third-order valence-electron chi connectivity index (χ3n) is 4.72. The molecule has 1 saturated heterocycles. The van der Waals surface area contributed by atoms with Crippen LogP contribution in [0.15, 0.2) is 0 Å². The Balaban J connectivity index is 1.88. The standard InChI is InChI=1S/C17H33N3O3/c1-7-22-14-9-13(19-16(21)23-17(3,4)5)15(14)18-12-8-11(2)20(6)10-12/h11-15,18H,7-10H2,1-6H3,(H,19,21). The molecule has 2 fully saturated rings. The molecule has 0 aromatic heterocycles. The van der Waals surface area contributed by atoms with E-state index < -0.39 is 5.60 Å². The second-order valence-corrected chi connectivity index (χ2v) is 7.90. The van der Waals surface area contributed by atoms with Crippen molar-refractivity contribution in [2.24, 2.45) is 0 Å². The summed E-state index contributed by atoms with van der Waals surface area (Å²) >= 11 is 0. The molecule has 6 heteroatoms. The molecule has 2 rings (SSSR count). The minimum Gasteiger partial charge on any atom is -0.444 e. The molecule has 23 heavy (non-hydrogen) atoms. The molecule has 0 spiro atoms. The van der Waals surface area contributed by atoms with Crippen LogP contribution >= 0.6 is 0 Å². The number of amides is 1. The molecule has 2 N–H and O–H groups in total. The summed E-state index contributed by atoms with van der Waals surface area (Å²) in [5.74, 6) is 0. The molecule has 0 aromatic carbocycles. The summed E-state index contributed by atoms with van der Waals surface area (Å²) < 4.78 is 11.2. The average Bonchev–Trinajstić information content (AvgIpc) is 2.72. The summed E-state index contributed by atoms with van der Waals surface area (Å²) in [5.41, 5.74) is -0.473. The number of alkyl carbamates (subject to hydrolysis) is 1. The van der Waals surface area contributed by atoms with Gasteiger partial charge in [-0.2, -0.15) is 0 Å². The second kappa shape index (κ2) is 7.36. The van der Waals surface area contributed by atoms with E-state index in [1.807, 2.05) is 27.7 Å². The first-order valence-electron chi connectivity index (χ1n) is 8.77. The van der Waals surface area contributed by atoms with Crippen molar-refractivity contribution in [2.75, 3.05) is 20.2 Å². The van der Waals surface area contributed by atoms with Crippen LogP contribution in [0.3, 0.4) is 0 Å². The van der Waals surface area contributed by atoms with Gasteiger partial charge >= 0.3 is 6.09 Å². The highest BCUT2D eigenvalue weighted by atomic mass is 16.6. The maximum Gasteiger partial charge on any atom is 0.407 e. The highest BCUT2D eigenvalue weighted by Gasteiger charge is 2.45. The van der Waals surface area contributed by atoms with Crippen LogP contribution in [0.25, 0.3) is 0 Å². The van der Waals surface area contributed by atoms with Crippen LogP contribution in [-0.2, 0) is 9.47 Å². The Kier molecular flexibility index (Phi) is 5.92. The van der Waals surface area contributed by atoms with E-state index in [2.05, 4.69) is 29.5 Å². The van der Waals surface area contributed by atoms with Gasteiger partial charge in [-0.15, -0.1) is 0 Å². The van der Waals surface area contributed by atoms with Gasteiger partial charge in [0.15, 0.2) is 0 Å². The van der Waals surface area contributed by atoms with Crippen LogP contribution in [0, 0.1) is 0 Å². The zero-order chi connectivity index (χ0) is 17.2. The Morgan fingerprint density at radius 1 is 1.30 bits per heavy atom. The molecule has 1 aliphatic heterocycles. The van der Waals surface area contributed by atoms with E-state index in [0.29, 0.717) is 18.7 Å². The Morgan fingerprint density at radius 2 is 2.00 bits per heavy atom. The Hall–Kier alpha value is -0.850. The molecule has 1 aliphatic carbocycles. The fourth-order valence-corrected chi connectivity index (χ4v) is 3.41. The van der Waals surface area contributed by atoms with Gasteiger partial charge in [0.25, 0.3) is 0 Å². The van der Waals surface area contributed by atoms with Crippen LogP contribution < -0.4 is 10.6 Å². The second-order valence-electron chi connectivity index (χ2n) is 7.90. The lowest BCUT2D eigenvalue weighted by atomic mass is 9.82. The number of likely N-dealkylation sites (tertiary alicyclic amines) is 1. The van der Waals surface area contributed by atoms with E-state index in [-0.39, 0.29) is 24.3 Å². The smallest absolute Gasteiger partial charge is 0.407 e. The fraction of sp³-hybridized carbons (Fsp3) is 0.941. The molecular formula is C17H33N3O3. The number of hydrogen-bond acceptors (Lipinski definition) is 5. The predicted molar refractivity (Wildman–Crippen MR) is 90.6 cm³/mol. The SMILES string of the molecule is CCOC1CC(NC(=O)OC(C)(C)C)C1NC1CC(C)N(C)C1. The summed E-state index contributed by atoms with van der Waals surface area (Å²) in [6.07, 6.45) is 1.79. The van der Waals surface area contributed by atoms with Crippen molar-refractivity contribution < 1.29 is 14.3 Å². The number of ether oxygens (including phenoxy) is 2. The van der Waals surface area contributed by atoms with Crippen molar-refractivity contribution in [3.8, 4) is 0 Å². The van der Waals surface area contributed by atoms with Crippen molar-refractivity contribution in [2.45, 2.75) is 83.3 Å². The molecular weight excluding hydrogens is 294 g/mol. The van der Waals surface area contributed by atoms with Gasteiger partial charge in [0, 0.05) is 25.2 Å². The fourth-order valence-electron chi connectivity index (χ4n) is 3.41. The summed E-state index contributed by atoms with van der Waals surface area (Å²) in [6.45, 7) is 11.6. The number of carbonyl (C=O) groups is 1. The number of nitrogens with zero attached hydrogens (tertiary/aromatic N) is 1. The van der Waals surface area contributed by atoms with E-state index in [9.17, 15) is 4.79 Å². The zero-order valence-corrected chi connectivity index (χ0v) is 15.4. The van der Waals surface area contributed by atoms with Crippen LogP contribution in [0.5, 0.6) is 0 Å². The van der Waals surface area contributed by atoms with Crippen LogP contribution in [0.4, 0.5) is 4.79 Å². The summed E-state index contributed by atoms with van der Waals surface area (Å²) in [6, 6.07) is 1.27. The van der Waals surface area contributed by atoms with Gasteiger partial charge in [0.05, 0.1) is 18.2 Å². The maximum atomic E-state index is 12.0. The highest BCUT2D eigenvalue weighted by molar-refractivity contribution is 5.68. The van der Waals surface area contributed by atoms with Crippen LogP contribution in [0.1, 0.15) is 47.5 Å². The summed E-state index contributed by atoms with van der Waals surface area (Å²) in [4.78, 5) is 14.4. The topological polar surface area (TPSA) is 62.8 Å². The van der Waals surface area contributed by atoms with E-state index in [1.54, 1.807) is 0 Å². The first-order chi connectivity index (χ1) is 10.7. The minimum atomic E-state index is -0.473. The summed E-state index contributed by atoms with van der Waals surface area (Å²) in [7, 11) is 2.16. The van der Waals surface area contributed by atoms with Gasteiger partial charge in [-0.1, -0.05) is 0 Å². The molecule has 6 nitrogen and oxygen atoms in total. The molecule has 1 heterocycles. The van der Waals surface area contributed by atoms with Crippen molar-refractivity contribution >= 4 is 6.09 Å². The first-order valence-corrected chi connectivity index (χ1v) is 8.77. The first kappa shape index (κ1) is 18.5. The number of nitrogens with one attached hydrogen (secondary N) is 2. The van der Waals surface area contributed by atoms with Gasteiger partial charge in [-0.25, -0.2) is 4.79 Å². The zero-order valence-electron chi connectivity index (χ0n) is 15.4. The van der Waals surface area contributed by atoms with Gasteiger partial charge in [0.2, 0.25) is 0 Å². The monoisotopic (exact) mass is 327 g/mol. The quantitative estimate of drug-likeness (QED) is 0.805. The molecule has 5 atom stereocenters. The highest BCUT2D eigenvalue weighted by Crippen LogP contribution is 2.27. The normalized spacial score (nSPS) is 35.0. The lowest BCUT2D eigenvalue weighted by molar-refractivity contribution is -0.0462. The molecule has 0 radical (unpaired) electrons. The molecule has 0 bridgehead atoms.